The van der Waals surface area contributed by atoms with Gasteiger partial charge in [-0.3, -0.25) is 10.1 Å². The Bertz CT molecular complexity index is 1180. The van der Waals surface area contributed by atoms with Crippen LogP contribution in [0.1, 0.15) is 6.92 Å². The molecule has 0 saturated carbocycles. The Labute approximate surface area is 167 Å². The lowest BCUT2D eigenvalue weighted by molar-refractivity contribution is -0.114. The number of rotatable bonds is 4. The van der Waals surface area contributed by atoms with Gasteiger partial charge in [0.25, 0.3) is 0 Å². The number of fused-ring (bicyclic) bond motifs is 1. The highest BCUT2D eigenvalue weighted by Crippen LogP contribution is 2.33. The van der Waals surface area contributed by atoms with E-state index in [2.05, 4.69) is 15.3 Å². The van der Waals surface area contributed by atoms with Crippen LogP contribution in [0.2, 0.25) is 0 Å². The van der Waals surface area contributed by atoms with Crippen LogP contribution in [0.4, 0.5) is 21.8 Å². The van der Waals surface area contributed by atoms with E-state index >= 15 is 0 Å². The Morgan fingerprint density at radius 1 is 0.931 bits per heavy atom. The molecule has 1 heterocycles. The van der Waals surface area contributed by atoms with Gasteiger partial charge in [0.15, 0.2) is 0 Å². The van der Waals surface area contributed by atoms with Crippen molar-refractivity contribution >= 4 is 34.3 Å². The first-order valence-electron chi connectivity index (χ1n) is 9.15. The standard InChI is InChI=1S/C23H19FN4O/c1-15(29)25-23-26-21-13-10-17(16-8-11-18(24)12-9-16)14-20(21)22(27-23)28(2)19-6-4-3-5-7-19/h3-14H,1-2H3,(H,25,26,27,29). The molecule has 3 aromatic carbocycles. The second-order valence-electron chi connectivity index (χ2n) is 6.69. The number of carbonyl (C=O) groups excluding carboxylic acids is 1. The second kappa shape index (κ2) is 7.67. The Balaban J connectivity index is 1.89. The normalized spacial score (nSPS) is 10.7. The minimum atomic E-state index is -0.276. The van der Waals surface area contributed by atoms with E-state index < -0.39 is 0 Å². The summed E-state index contributed by atoms with van der Waals surface area (Å²) >= 11 is 0. The van der Waals surface area contributed by atoms with E-state index in [0.717, 1.165) is 22.2 Å². The van der Waals surface area contributed by atoms with E-state index in [1.54, 1.807) is 12.1 Å². The number of carbonyl (C=O) groups is 1. The van der Waals surface area contributed by atoms with Crippen molar-refractivity contribution in [3.8, 4) is 11.1 Å². The van der Waals surface area contributed by atoms with Crippen LogP contribution < -0.4 is 10.2 Å². The van der Waals surface area contributed by atoms with Crippen molar-refractivity contribution in [3.63, 3.8) is 0 Å². The lowest BCUT2D eigenvalue weighted by Gasteiger charge is -2.21. The van der Waals surface area contributed by atoms with Crippen LogP contribution in [0.5, 0.6) is 0 Å². The highest BCUT2D eigenvalue weighted by atomic mass is 19.1. The number of aromatic nitrogens is 2. The lowest BCUT2D eigenvalue weighted by Crippen LogP contribution is -2.15. The lowest BCUT2D eigenvalue weighted by atomic mass is 10.0. The summed E-state index contributed by atoms with van der Waals surface area (Å²) in [6, 6.07) is 22.0. The van der Waals surface area contributed by atoms with Crippen LogP contribution in [0.15, 0.2) is 72.8 Å². The van der Waals surface area contributed by atoms with E-state index in [1.165, 1.54) is 19.1 Å². The number of hydrogen-bond donors (Lipinski definition) is 1. The maximum absolute atomic E-state index is 13.3. The number of hydrogen-bond acceptors (Lipinski definition) is 4. The monoisotopic (exact) mass is 386 g/mol. The third-order valence-electron chi connectivity index (χ3n) is 4.60. The van der Waals surface area contributed by atoms with E-state index in [4.69, 9.17) is 0 Å². The summed E-state index contributed by atoms with van der Waals surface area (Å²) in [5, 5.41) is 3.49. The molecule has 0 fully saturated rings. The summed E-state index contributed by atoms with van der Waals surface area (Å²) in [7, 11) is 1.92. The minimum Gasteiger partial charge on any atom is -0.329 e. The maximum Gasteiger partial charge on any atom is 0.231 e. The van der Waals surface area contributed by atoms with Gasteiger partial charge in [-0.05, 0) is 47.5 Å². The molecule has 4 aromatic rings. The smallest absolute Gasteiger partial charge is 0.231 e. The van der Waals surface area contributed by atoms with Crippen molar-refractivity contribution in [2.45, 2.75) is 6.92 Å². The van der Waals surface area contributed by atoms with Crippen molar-refractivity contribution in [1.82, 2.24) is 9.97 Å². The summed E-state index contributed by atoms with van der Waals surface area (Å²) in [4.78, 5) is 22.5. The summed E-state index contributed by atoms with van der Waals surface area (Å²) in [6.45, 7) is 1.42. The van der Waals surface area contributed by atoms with Crippen molar-refractivity contribution < 1.29 is 9.18 Å². The topological polar surface area (TPSA) is 58.1 Å². The quantitative estimate of drug-likeness (QED) is 0.526. The van der Waals surface area contributed by atoms with Gasteiger partial charge in [0.1, 0.15) is 11.6 Å². The van der Waals surface area contributed by atoms with Gasteiger partial charge in [-0.1, -0.05) is 36.4 Å². The van der Waals surface area contributed by atoms with Crippen LogP contribution in [-0.2, 0) is 4.79 Å². The Morgan fingerprint density at radius 2 is 1.62 bits per heavy atom. The van der Waals surface area contributed by atoms with Crippen molar-refractivity contribution in [2.24, 2.45) is 0 Å². The van der Waals surface area contributed by atoms with Gasteiger partial charge < -0.3 is 4.90 Å². The predicted octanol–water partition coefficient (Wildman–Crippen LogP) is 5.16. The molecule has 0 radical (unpaired) electrons. The molecule has 1 aromatic heterocycles. The van der Waals surface area contributed by atoms with E-state index in [1.807, 2.05) is 60.5 Å². The second-order valence-corrected chi connectivity index (χ2v) is 6.69. The molecule has 0 spiro atoms. The molecule has 1 amide bonds. The fourth-order valence-corrected chi connectivity index (χ4v) is 3.18. The summed E-state index contributed by atoms with van der Waals surface area (Å²) < 4.78 is 13.3. The molecule has 1 N–H and O–H groups in total. The average molecular weight is 386 g/mol. The molecule has 29 heavy (non-hydrogen) atoms. The van der Waals surface area contributed by atoms with Crippen LogP contribution in [0.3, 0.4) is 0 Å². The fraction of sp³-hybridized carbons (Fsp3) is 0.0870. The molecule has 144 valence electrons. The van der Waals surface area contributed by atoms with Gasteiger partial charge in [-0.25, -0.2) is 9.37 Å². The van der Waals surface area contributed by atoms with Crippen LogP contribution in [0.25, 0.3) is 22.0 Å². The van der Waals surface area contributed by atoms with Gasteiger partial charge in [0.05, 0.1) is 5.52 Å². The number of para-hydroxylation sites is 1. The zero-order chi connectivity index (χ0) is 20.4. The zero-order valence-corrected chi connectivity index (χ0v) is 16.1. The number of nitrogens with zero attached hydrogens (tertiary/aromatic N) is 3. The first-order valence-corrected chi connectivity index (χ1v) is 9.15. The Morgan fingerprint density at radius 3 is 2.31 bits per heavy atom. The fourth-order valence-electron chi connectivity index (χ4n) is 3.18. The van der Waals surface area contributed by atoms with E-state index in [-0.39, 0.29) is 17.7 Å². The molecule has 0 aliphatic carbocycles. The molecular formula is C23H19FN4O. The molecular weight excluding hydrogens is 367 g/mol. The van der Waals surface area contributed by atoms with Gasteiger partial charge >= 0.3 is 0 Å². The van der Waals surface area contributed by atoms with Crippen LogP contribution >= 0.6 is 0 Å². The van der Waals surface area contributed by atoms with Crippen LogP contribution in [-0.4, -0.2) is 22.9 Å². The third-order valence-corrected chi connectivity index (χ3v) is 4.60. The molecule has 0 saturated heterocycles. The first-order chi connectivity index (χ1) is 14.0. The molecule has 0 bridgehead atoms. The summed E-state index contributed by atoms with van der Waals surface area (Å²) in [5.41, 5.74) is 3.48. The number of benzene rings is 3. The summed E-state index contributed by atoms with van der Waals surface area (Å²) in [5.74, 6) is 0.397. The van der Waals surface area contributed by atoms with Gasteiger partial charge in [0.2, 0.25) is 11.9 Å². The van der Waals surface area contributed by atoms with E-state index in [0.29, 0.717) is 11.3 Å². The highest BCUT2D eigenvalue weighted by Gasteiger charge is 2.15. The Kier molecular flexibility index (Phi) is 4.91. The zero-order valence-electron chi connectivity index (χ0n) is 16.1. The molecule has 4 rings (SSSR count). The first kappa shape index (κ1) is 18.6. The van der Waals surface area contributed by atoms with Gasteiger partial charge in [0, 0.05) is 25.0 Å². The van der Waals surface area contributed by atoms with Crippen molar-refractivity contribution in [2.75, 3.05) is 17.3 Å². The Hall–Kier alpha value is -3.80. The number of halogens is 1. The SMILES string of the molecule is CC(=O)Nc1nc(N(C)c2ccccc2)c2cc(-c3ccc(F)cc3)ccc2n1. The van der Waals surface area contributed by atoms with Crippen molar-refractivity contribution in [1.29, 1.82) is 0 Å². The molecule has 0 aliphatic rings. The molecule has 6 heteroatoms. The van der Waals surface area contributed by atoms with Crippen LogP contribution in [0, 0.1) is 5.82 Å². The number of amides is 1. The molecule has 5 nitrogen and oxygen atoms in total. The van der Waals surface area contributed by atoms with Crippen molar-refractivity contribution in [3.05, 3.63) is 78.6 Å². The van der Waals surface area contributed by atoms with Gasteiger partial charge in [-0.15, -0.1) is 0 Å². The molecule has 0 atom stereocenters. The highest BCUT2D eigenvalue weighted by molar-refractivity contribution is 5.96. The van der Waals surface area contributed by atoms with Gasteiger partial charge in [-0.2, -0.15) is 4.98 Å². The number of anilines is 3. The molecule has 0 unspecified atom stereocenters. The summed E-state index contributed by atoms with van der Waals surface area (Å²) in [6.07, 6.45) is 0. The number of nitrogens with one attached hydrogen (secondary N) is 1. The predicted molar refractivity (Wildman–Crippen MR) is 114 cm³/mol. The third kappa shape index (κ3) is 3.91. The maximum atomic E-state index is 13.3. The molecule has 0 aliphatic heterocycles. The van der Waals surface area contributed by atoms with E-state index in [9.17, 15) is 9.18 Å². The minimum absolute atomic E-state index is 0.236. The largest absolute Gasteiger partial charge is 0.329 e. The average Bonchev–Trinajstić information content (AvgIpc) is 2.73.